The lowest BCUT2D eigenvalue weighted by atomic mass is 10.1. The van der Waals surface area contributed by atoms with Gasteiger partial charge in [-0.15, -0.1) is 0 Å². The quantitative estimate of drug-likeness (QED) is 0.851. The van der Waals surface area contributed by atoms with Gasteiger partial charge in [0.1, 0.15) is 5.82 Å². The maximum Gasteiger partial charge on any atom is 0.225 e. The van der Waals surface area contributed by atoms with Crippen molar-refractivity contribution >= 4 is 17.5 Å². The first-order valence-corrected chi connectivity index (χ1v) is 8.46. The largest absolute Gasteiger partial charge is 0.340 e. The molecule has 2 aliphatic rings. The van der Waals surface area contributed by atoms with Gasteiger partial charge in [-0.05, 0) is 30.5 Å². The Balaban J connectivity index is 1.52. The fraction of sp³-hybridized carbons (Fsp3) is 0.588. The standard InChI is InChI=1S/C17H22ClFN2O/c18-16-11-15(19)6-5-14(16)12-20-7-9-21(10-8-20)17(22)13-3-1-2-4-13/h5-6,11,13H,1-4,7-10,12H2. The highest BCUT2D eigenvalue weighted by Crippen LogP contribution is 2.27. The fourth-order valence-corrected chi connectivity index (χ4v) is 3.68. The zero-order valence-electron chi connectivity index (χ0n) is 12.7. The first kappa shape index (κ1) is 15.8. The Labute approximate surface area is 136 Å². The Kier molecular flexibility index (Phi) is 4.99. The van der Waals surface area contributed by atoms with Crippen molar-refractivity contribution in [2.24, 2.45) is 5.92 Å². The van der Waals surface area contributed by atoms with Gasteiger partial charge in [0.05, 0.1) is 0 Å². The average molecular weight is 325 g/mol. The summed E-state index contributed by atoms with van der Waals surface area (Å²) in [6, 6.07) is 4.55. The van der Waals surface area contributed by atoms with Crippen LogP contribution in [0.2, 0.25) is 5.02 Å². The molecule has 1 amide bonds. The van der Waals surface area contributed by atoms with E-state index in [-0.39, 0.29) is 11.7 Å². The second-order valence-electron chi connectivity index (χ2n) is 6.32. The summed E-state index contributed by atoms with van der Waals surface area (Å²) in [5, 5.41) is 0.476. The number of carbonyl (C=O) groups excluding carboxylic acids is 1. The minimum Gasteiger partial charge on any atom is -0.340 e. The summed E-state index contributed by atoms with van der Waals surface area (Å²) >= 11 is 6.08. The van der Waals surface area contributed by atoms with Crippen LogP contribution in [0.4, 0.5) is 4.39 Å². The fourth-order valence-electron chi connectivity index (χ4n) is 3.45. The molecule has 0 unspecified atom stereocenters. The molecule has 3 rings (SSSR count). The predicted molar refractivity (Wildman–Crippen MR) is 85.2 cm³/mol. The number of halogens is 2. The lowest BCUT2D eigenvalue weighted by Gasteiger charge is -2.36. The molecule has 5 heteroatoms. The summed E-state index contributed by atoms with van der Waals surface area (Å²) in [6.45, 7) is 3.99. The number of benzene rings is 1. The summed E-state index contributed by atoms with van der Waals surface area (Å²) in [6.07, 6.45) is 4.51. The van der Waals surface area contributed by atoms with Crippen LogP contribution in [0, 0.1) is 11.7 Å². The van der Waals surface area contributed by atoms with E-state index in [1.54, 1.807) is 6.07 Å². The Morgan fingerprint density at radius 2 is 1.86 bits per heavy atom. The van der Waals surface area contributed by atoms with E-state index in [4.69, 9.17) is 11.6 Å². The molecule has 120 valence electrons. The van der Waals surface area contributed by atoms with Crippen molar-refractivity contribution in [1.82, 2.24) is 9.80 Å². The predicted octanol–water partition coefficient (Wildman–Crippen LogP) is 3.31. The number of hydrogen-bond donors (Lipinski definition) is 0. The van der Waals surface area contributed by atoms with E-state index in [1.807, 2.05) is 4.90 Å². The minimum absolute atomic E-state index is 0.262. The zero-order chi connectivity index (χ0) is 15.5. The van der Waals surface area contributed by atoms with Gasteiger partial charge in [-0.2, -0.15) is 0 Å². The molecule has 1 heterocycles. The first-order valence-electron chi connectivity index (χ1n) is 8.08. The zero-order valence-corrected chi connectivity index (χ0v) is 13.5. The van der Waals surface area contributed by atoms with Gasteiger partial charge in [0.25, 0.3) is 0 Å². The monoisotopic (exact) mass is 324 g/mol. The average Bonchev–Trinajstić information content (AvgIpc) is 3.04. The highest BCUT2D eigenvalue weighted by molar-refractivity contribution is 6.31. The molecule has 0 atom stereocenters. The number of piperazine rings is 1. The number of nitrogens with zero attached hydrogens (tertiary/aromatic N) is 2. The molecule has 0 radical (unpaired) electrons. The number of rotatable bonds is 3. The van der Waals surface area contributed by atoms with Crippen LogP contribution in [-0.2, 0) is 11.3 Å². The topological polar surface area (TPSA) is 23.6 Å². The van der Waals surface area contributed by atoms with E-state index in [0.29, 0.717) is 17.5 Å². The van der Waals surface area contributed by atoms with Gasteiger partial charge in [-0.25, -0.2) is 4.39 Å². The van der Waals surface area contributed by atoms with Crippen molar-refractivity contribution in [2.45, 2.75) is 32.2 Å². The van der Waals surface area contributed by atoms with Gasteiger partial charge < -0.3 is 4.90 Å². The Bertz CT molecular complexity index is 537. The van der Waals surface area contributed by atoms with Crippen molar-refractivity contribution in [1.29, 1.82) is 0 Å². The molecule has 0 bridgehead atoms. The van der Waals surface area contributed by atoms with Gasteiger partial charge in [0.15, 0.2) is 0 Å². The SMILES string of the molecule is O=C(C1CCCC1)N1CCN(Cc2ccc(F)cc2Cl)CC1. The Hall–Kier alpha value is -1.13. The van der Waals surface area contributed by atoms with Gasteiger partial charge in [0.2, 0.25) is 5.91 Å². The molecule has 1 saturated heterocycles. The maximum absolute atomic E-state index is 13.1. The van der Waals surface area contributed by atoms with Crippen molar-refractivity contribution in [3.63, 3.8) is 0 Å². The van der Waals surface area contributed by atoms with Gasteiger partial charge in [0, 0.05) is 43.7 Å². The van der Waals surface area contributed by atoms with E-state index in [0.717, 1.165) is 44.6 Å². The van der Waals surface area contributed by atoms with Gasteiger partial charge in [-0.1, -0.05) is 30.5 Å². The summed E-state index contributed by atoms with van der Waals surface area (Å²) in [4.78, 5) is 16.7. The Morgan fingerprint density at radius 3 is 2.50 bits per heavy atom. The molecule has 0 aromatic heterocycles. The van der Waals surface area contributed by atoms with Crippen LogP contribution in [0.1, 0.15) is 31.2 Å². The van der Waals surface area contributed by atoms with Crippen molar-refractivity contribution in [3.8, 4) is 0 Å². The van der Waals surface area contributed by atoms with Crippen molar-refractivity contribution in [3.05, 3.63) is 34.6 Å². The lowest BCUT2D eigenvalue weighted by Crippen LogP contribution is -2.49. The second-order valence-corrected chi connectivity index (χ2v) is 6.73. The molecule has 1 aliphatic carbocycles. The van der Waals surface area contributed by atoms with Crippen LogP contribution in [0.5, 0.6) is 0 Å². The molecule has 0 N–H and O–H groups in total. The summed E-state index contributed by atoms with van der Waals surface area (Å²) in [5.74, 6) is 0.302. The molecule has 22 heavy (non-hydrogen) atoms. The minimum atomic E-state index is -0.305. The molecule has 1 aromatic rings. The van der Waals surface area contributed by atoms with E-state index in [9.17, 15) is 9.18 Å². The summed E-state index contributed by atoms with van der Waals surface area (Å²) in [7, 11) is 0. The second kappa shape index (κ2) is 6.97. The first-order chi connectivity index (χ1) is 10.6. The number of carbonyl (C=O) groups is 1. The van der Waals surface area contributed by atoms with Gasteiger partial charge in [-0.3, -0.25) is 9.69 Å². The Morgan fingerprint density at radius 1 is 1.18 bits per heavy atom. The van der Waals surface area contributed by atoms with Crippen LogP contribution < -0.4 is 0 Å². The third-order valence-corrected chi connectivity index (χ3v) is 5.15. The van der Waals surface area contributed by atoms with E-state index in [1.165, 1.54) is 25.0 Å². The molecule has 0 spiro atoms. The smallest absolute Gasteiger partial charge is 0.225 e. The van der Waals surface area contributed by atoms with E-state index < -0.39 is 0 Å². The van der Waals surface area contributed by atoms with Crippen LogP contribution in [-0.4, -0.2) is 41.9 Å². The lowest BCUT2D eigenvalue weighted by molar-refractivity contribution is -0.137. The highest BCUT2D eigenvalue weighted by Gasteiger charge is 2.29. The summed E-state index contributed by atoms with van der Waals surface area (Å²) < 4.78 is 13.1. The third-order valence-electron chi connectivity index (χ3n) is 4.80. The molecular weight excluding hydrogens is 303 g/mol. The van der Waals surface area contributed by atoms with Gasteiger partial charge >= 0.3 is 0 Å². The normalized spacial score (nSPS) is 20.5. The number of hydrogen-bond acceptors (Lipinski definition) is 2. The third kappa shape index (κ3) is 3.61. The molecular formula is C17H22ClFN2O. The molecule has 1 aromatic carbocycles. The van der Waals surface area contributed by atoms with Crippen LogP contribution >= 0.6 is 11.6 Å². The molecule has 1 aliphatic heterocycles. The highest BCUT2D eigenvalue weighted by atomic mass is 35.5. The summed E-state index contributed by atoms with van der Waals surface area (Å²) in [5.41, 5.74) is 0.943. The number of amides is 1. The van der Waals surface area contributed by atoms with E-state index >= 15 is 0 Å². The maximum atomic E-state index is 13.1. The molecule has 2 fully saturated rings. The molecule has 3 nitrogen and oxygen atoms in total. The van der Waals surface area contributed by atoms with Crippen molar-refractivity contribution < 1.29 is 9.18 Å². The van der Waals surface area contributed by atoms with Crippen LogP contribution in [0.15, 0.2) is 18.2 Å². The molecule has 1 saturated carbocycles. The van der Waals surface area contributed by atoms with Crippen LogP contribution in [0.25, 0.3) is 0 Å². The van der Waals surface area contributed by atoms with Crippen molar-refractivity contribution in [2.75, 3.05) is 26.2 Å². The van der Waals surface area contributed by atoms with Crippen LogP contribution in [0.3, 0.4) is 0 Å². The van der Waals surface area contributed by atoms with E-state index in [2.05, 4.69) is 4.90 Å².